The number of sulfonamides is 1. The second-order valence-electron chi connectivity index (χ2n) is 5.31. The molecule has 0 spiro atoms. The van der Waals surface area contributed by atoms with Crippen LogP contribution in [0.1, 0.15) is 38.7 Å². The Morgan fingerprint density at radius 2 is 1.65 bits per heavy atom. The van der Waals surface area contributed by atoms with Gasteiger partial charge in [0.15, 0.2) is 0 Å². The van der Waals surface area contributed by atoms with Crippen LogP contribution in [0.2, 0.25) is 0 Å². The molecule has 0 radical (unpaired) electrons. The normalized spacial score (nSPS) is 16.1. The molecule has 0 saturated heterocycles. The summed E-state index contributed by atoms with van der Waals surface area (Å²) in [6.45, 7) is 4.25. The van der Waals surface area contributed by atoms with Gasteiger partial charge in [-0.05, 0) is 30.5 Å². The highest BCUT2D eigenvalue weighted by Crippen LogP contribution is 2.46. The number of halogens is 3. The summed E-state index contributed by atoms with van der Waals surface area (Å²) in [7, 11) is -3.86. The molecule has 1 fully saturated rings. The highest BCUT2D eigenvalue weighted by Gasteiger charge is 2.50. The van der Waals surface area contributed by atoms with Crippen LogP contribution < -0.4 is 10.5 Å². The van der Waals surface area contributed by atoms with E-state index >= 15 is 0 Å². The van der Waals surface area contributed by atoms with Crippen molar-refractivity contribution in [3.8, 4) is 0 Å². The van der Waals surface area contributed by atoms with Crippen molar-refractivity contribution in [1.29, 1.82) is 0 Å². The molecule has 0 unspecified atom stereocenters. The van der Waals surface area contributed by atoms with Gasteiger partial charge in [0.05, 0.1) is 10.4 Å². The van der Waals surface area contributed by atoms with Gasteiger partial charge in [-0.2, -0.15) is 13.2 Å². The zero-order valence-corrected chi connectivity index (χ0v) is 13.6. The third-order valence-electron chi connectivity index (χ3n) is 3.10. The minimum absolute atomic E-state index is 0.140. The lowest BCUT2D eigenvalue weighted by molar-refractivity contribution is -0.174. The summed E-state index contributed by atoms with van der Waals surface area (Å²) in [4.78, 5) is 10.8. The van der Waals surface area contributed by atoms with Gasteiger partial charge in [-0.1, -0.05) is 32.4 Å². The maximum Gasteiger partial charge on any atom is 0.471 e. The van der Waals surface area contributed by atoms with E-state index in [0.717, 1.165) is 0 Å². The van der Waals surface area contributed by atoms with E-state index in [1.165, 1.54) is 30.7 Å². The van der Waals surface area contributed by atoms with E-state index in [1.54, 1.807) is 0 Å². The topological polar surface area (TPSA) is 89.3 Å². The number of nitrogens with two attached hydrogens (primary N) is 1. The molecule has 130 valence electrons. The van der Waals surface area contributed by atoms with Gasteiger partial charge in [0, 0.05) is 0 Å². The highest BCUT2D eigenvalue weighted by molar-refractivity contribution is 7.89. The third-order valence-corrected chi connectivity index (χ3v) is 4.02. The number of rotatable bonds is 3. The minimum atomic E-state index is -4.95. The summed E-state index contributed by atoms with van der Waals surface area (Å²) in [5.41, 5.74) is -0.647. The van der Waals surface area contributed by atoms with Gasteiger partial charge in [-0.15, -0.1) is 0 Å². The monoisotopic (exact) mass is 352 g/mol. The Bertz CT molecular complexity index is 651. The number of alkyl halides is 3. The maximum atomic E-state index is 12.2. The standard InChI is InChI=1S/C11H11F3N2O3S.C3H8/c12-11(13,14)9(17)16-10(5-6-10)7-1-3-8(4-2-7)20(15,18)19;1-3-2/h1-4H,5-6H2,(H,16,17)(H2,15,18,19);3H2,1-2H3. The van der Waals surface area contributed by atoms with Gasteiger partial charge < -0.3 is 5.32 Å². The molecule has 1 saturated carbocycles. The number of carbonyl (C=O) groups excluding carboxylic acids is 1. The van der Waals surface area contributed by atoms with E-state index < -0.39 is 27.6 Å². The lowest BCUT2D eigenvalue weighted by Crippen LogP contribution is -2.43. The SMILES string of the molecule is CCC.NS(=O)(=O)c1ccc(C2(NC(=O)C(F)(F)F)CC2)cc1. The summed E-state index contributed by atoms with van der Waals surface area (Å²) >= 11 is 0. The molecule has 0 aromatic heterocycles. The number of nitrogens with one attached hydrogen (secondary N) is 1. The van der Waals surface area contributed by atoms with Crippen LogP contribution in [0, 0.1) is 0 Å². The highest BCUT2D eigenvalue weighted by atomic mass is 32.2. The number of hydrogen-bond donors (Lipinski definition) is 2. The van der Waals surface area contributed by atoms with E-state index in [2.05, 4.69) is 13.8 Å². The molecule has 9 heteroatoms. The van der Waals surface area contributed by atoms with Gasteiger partial charge in [0.2, 0.25) is 10.0 Å². The number of amides is 1. The predicted octanol–water partition coefficient (Wildman–Crippen LogP) is 2.42. The zero-order chi connectivity index (χ0) is 17.9. The summed E-state index contributed by atoms with van der Waals surface area (Å²) in [5.74, 6) is -2.01. The van der Waals surface area contributed by atoms with E-state index in [0.29, 0.717) is 18.4 Å². The third kappa shape index (κ3) is 5.21. The molecule has 0 atom stereocenters. The van der Waals surface area contributed by atoms with Crippen LogP contribution in [0.25, 0.3) is 0 Å². The summed E-state index contributed by atoms with van der Waals surface area (Å²) < 4.78 is 58.9. The molecule has 0 bridgehead atoms. The Hall–Kier alpha value is -1.61. The molecule has 0 aliphatic heterocycles. The second kappa shape index (κ2) is 6.88. The van der Waals surface area contributed by atoms with Crippen LogP contribution >= 0.6 is 0 Å². The fourth-order valence-corrected chi connectivity index (χ4v) is 2.38. The van der Waals surface area contributed by atoms with Crippen LogP contribution in [-0.2, 0) is 20.4 Å². The van der Waals surface area contributed by atoms with Gasteiger partial charge in [0.1, 0.15) is 0 Å². The lowest BCUT2D eigenvalue weighted by atomic mass is 10.1. The van der Waals surface area contributed by atoms with E-state index in [-0.39, 0.29) is 4.90 Å². The van der Waals surface area contributed by atoms with Crippen LogP contribution in [0.3, 0.4) is 0 Å². The first-order valence-corrected chi connectivity index (χ1v) is 8.53. The molecule has 5 nitrogen and oxygen atoms in total. The summed E-state index contributed by atoms with van der Waals surface area (Å²) in [6, 6.07) is 5.10. The molecular weight excluding hydrogens is 333 g/mol. The average molecular weight is 352 g/mol. The molecule has 1 aromatic carbocycles. The molecule has 23 heavy (non-hydrogen) atoms. The molecular formula is C14H19F3N2O3S. The molecule has 2 rings (SSSR count). The van der Waals surface area contributed by atoms with Crippen molar-refractivity contribution in [2.45, 2.75) is 49.7 Å². The Morgan fingerprint density at radius 3 is 1.96 bits per heavy atom. The van der Waals surface area contributed by atoms with Crippen LogP contribution in [-0.4, -0.2) is 20.5 Å². The summed E-state index contributed by atoms with van der Waals surface area (Å²) in [5, 5.41) is 6.86. The van der Waals surface area contributed by atoms with Gasteiger partial charge in [-0.25, -0.2) is 13.6 Å². The quantitative estimate of drug-likeness (QED) is 0.875. The number of benzene rings is 1. The number of carbonyl (C=O) groups is 1. The van der Waals surface area contributed by atoms with Crippen molar-refractivity contribution in [3.63, 3.8) is 0 Å². The first-order valence-electron chi connectivity index (χ1n) is 6.99. The number of primary sulfonamides is 1. The van der Waals surface area contributed by atoms with E-state index in [4.69, 9.17) is 5.14 Å². The van der Waals surface area contributed by atoms with Crippen molar-refractivity contribution in [2.75, 3.05) is 0 Å². The van der Waals surface area contributed by atoms with Crippen molar-refractivity contribution in [2.24, 2.45) is 5.14 Å². The van der Waals surface area contributed by atoms with Crippen LogP contribution in [0.15, 0.2) is 29.2 Å². The molecule has 1 aliphatic rings. The second-order valence-corrected chi connectivity index (χ2v) is 6.87. The smallest absolute Gasteiger partial charge is 0.339 e. The van der Waals surface area contributed by atoms with Crippen molar-refractivity contribution in [3.05, 3.63) is 29.8 Å². The molecule has 1 aliphatic carbocycles. The van der Waals surface area contributed by atoms with Gasteiger partial charge in [-0.3, -0.25) is 4.79 Å². The van der Waals surface area contributed by atoms with Gasteiger partial charge in [0.25, 0.3) is 0 Å². The van der Waals surface area contributed by atoms with Crippen molar-refractivity contribution < 1.29 is 26.4 Å². The molecule has 0 heterocycles. The average Bonchev–Trinajstić information content (AvgIpc) is 3.18. The maximum absolute atomic E-state index is 12.2. The fourth-order valence-electron chi connectivity index (χ4n) is 1.86. The Labute approximate surface area is 133 Å². The molecule has 3 N–H and O–H groups in total. The first-order chi connectivity index (χ1) is 10.5. The van der Waals surface area contributed by atoms with Crippen molar-refractivity contribution >= 4 is 15.9 Å². The zero-order valence-electron chi connectivity index (χ0n) is 12.8. The number of hydrogen-bond acceptors (Lipinski definition) is 3. The van der Waals surface area contributed by atoms with Crippen LogP contribution in [0.4, 0.5) is 13.2 Å². The minimum Gasteiger partial charge on any atom is -0.339 e. The largest absolute Gasteiger partial charge is 0.471 e. The van der Waals surface area contributed by atoms with Crippen LogP contribution in [0.5, 0.6) is 0 Å². The Balaban J connectivity index is 0.000000816. The molecule has 1 aromatic rings. The van der Waals surface area contributed by atoms with Gasteiger partial charge >= 0.3 is 12.1 Å². The first kappa shape index (κ1) is 19.4. The predicted molar refractivity (Wildman–Crippen MR) is 78.9 cm³/mol. The van der Waals surface area contributed by atoms with E-state index in [1.807, 2.05) is 5.32 Å². The van der Waals surface area contributed by atoms with Crippen molar-refractivity contribution in [1.82, 2.24) is 5.32 Å². The lowest BCUT2D eigenvalue weighted by Gasteiger charge is -2.19. The Kier molecular flexibility index (Phi) is 5.81. The summed E-state index contributed by atoms with van der Waals surface area (Å²) in [6.07, 6.45) is -2.97. The van der Waals surface area contributed by atoms with E-state index in [9.17, 15) is 26.4 Å². The Morgan fingerprint density at radius 1 is 1.22 bits per heavy atom. The fraction of sp³-hybridized carbons (Fsp3) is 0.500. The molecule has 1 amide bonds.